The number of aromatic carboxylic acids is 1. The van der Waals surface area contributed by atoms with E-state index in [0.29, 0.717) is 12.1 Å². The predicted molar refractivity (Wildman–Crippen MR) is 73.7 cm³/mol. The normalized spacial score (nSPS) is 10.6. The van der Waals surface area contributed by atoms with E-state index in [2.05, 4.69) is 15.3 Å². The lowest BCUT2D eigenvalue weighted by molar-refractivity contribution is 0.0689. The van der Waals surface area contributed by atoms with Gasteiger partial charge in [0.05, 0.1) is 11.8 Å². The first kappa shape index (κ1) is 12.9. The van der Waals surface area contributed by atoms with Crippen molar-refractivity contribution in [1.29, 1.82) is 5.26 Å². The van der Waals surface area contributed by atoms with Gasteiger partial charge in [-0.3, -0.25) is 0 Å². The van der Waals surface area contributed by atoms with Crippen LogP contribution in [-0.2, 0) is 13.0 Å². The summed E-state index contributed by atoms with van der Waals surface area (Å²) in [5.74, 6) is -1.14. The fraction of sp³-hybridized carbons (Fsp3) is 0.143. The van der Waals surface area contributed by atoms with Gasteiger partial charge in [0.25, 0.3) is 0 Å². The fourth-order valence-corrected chi connectivity index (χ4v) is 2.33. The first-order chi connectivity index (χ1) is 10.2. The summed E-state index contributed by atoms with van der Waals surface area (Å²) in [5.41, 5.74) is 2.22. The number of carboxylic acid groups (broad SMARTS) is 1. The lowest BCUT2D eigenvalue weighted by Crippen LogP contribution is -2.08. The number of carboxylic acids is 1. The van der Waals surface area contributed by atoms with Gasteiger partial charge in [-0.2, -0.15) is 5.26 Å². The highest BCUT2D eigenvalue weighted by atomic mass is 16.4. The highest BCUT2D eigenvalue weighted by Gasteiger charge is 2.20. The second-order valence-electron chi connectivity index (χ2n) is 4.54. The summed E-state index contributed by atoms with van der Waals surface area (Å²) in [7, 11) is 0. The number of carbonyl (C=O) groups is 1. The Bertz CT molecular complexity index is 856. The third-order valence-electron chi connectivity index (χ3n) is 3.29. The number of nitrogens with zero attached hydrogens (tertiary/aromatic N) is 4. The molecule has 0 radical (unpaired) electrons. The van der Waals surface area contributed by atoms with Crippen molar-refractivity contribution in [3.63, 3.8) is 0 Å². The van der Waals surface area contributed by atoms with E-state index < -0.39 is 5.97 Å². The summed E-state index contributed by atoms with van der Waals surface area (Å²) in [6, 6.07) is 9.70. The summed E-state index contributed by atoms with van der Waals surface area (Å²) in [4.78, 5) is 14.4. The molecule has 3 aromatic rings. The molecule has 0 unspecified atom stereocenters. The minimum atomic E-state index is -1.14. The topological polar surface area (TPSA) is 108 Å². The van der Waals surface area contributed by atoms with E-state index in [0.717, 1.165) is 16.5 Å². The van der Waals surface area contributed by atoms with Crippen molar-refractivity contribution in [1.82, 2.24) is 20.0 Å². The molecule has 0 aliphatic carbocycles. The minimum Gasteiger partial charge on any atom is -0.476 e. The average Bonchev–Trinajstić information content (AvgIpc) is 3.06. The van der Waals surface area contributed by atoms with Crippen LogP contribution in [0.4, 0.5) is 0 Å². The summed E-state index contributed by atoms with van der Waals surface area (Å²) in [5, 5.41) is 26.4. The number of aromatic amines is 1. The summed E-state index contributed by atoms with van der Waals surface area (Å²) >= 11 is 0. The average molecular weight is 281 g/mol. The minimum absolute atomic E-state index is 0.0298. The summed E-state index contributed by atoms with van der Waals surface area (Å²) < 4.78 is 1.32. The molecule has 104 valence electrons. The number of fused-ring (bicyclic) bond motifs is 1. The molecule has 3 rings (SSSR count). The van der Waals surface area contributed by atoms with Crippen LogP contribution in [0.3, 0.4) is 0 Å². The SMILES string of the molecule is N#CCn1nnc(C(=O)O)c1Cc1c[nH]c2ccccc12. The van der Waals surface area contributed by atoms with Gasteiger partial charge in [-0.1, -0.05) is 23.4 Å². The van der Waals surface area contributed by atoms with E-state index in [1.54, 1.807) is 0 Å². The van der Waals surface area contributed by atoms with E-state index in [1.807, 2.05) is 36.5 Å². The molecule has 2 N–H and O–H groups in total. The van der Waals surface area contributed by atoms with Crippen molar-refractivity contribution in [2.45, 2.75) is 13.0 Å². The zero-order valence-corrected chi connectivity index (χ0v) is 10.9. The van der Waals surface area contributed by atoms with Crippen LogP contribution in [0.15, 0.2) is 30.5 Å². The van der Waals surface area contributed by atoms with Crippen LogP contribution in [0.1, 0.15) is 21.7 Å². The molecule has 0 saturated carbocycles. The van der Waals surface area contributed by atoms with Crippen molar-refractivity contribution in [3.8, 4) is 6.07 Å². The fourth-order valence-electron chi connectivity index (χ4n) is 2.33. The van der Waals surface area contributed by atoms with E-state index in [1.165, 1.54) is 4.68 Å². The molecule has 0 amide bonds. The molecule has 21 heavy (non-hydrogen) atoms. The van der Waals surface area contributed by atoms with Crippen molar-refractivity contribution in [2.24, 2.45) is 0 Å². The first-order valence-electron chi connectivity index (χ1n) is 6.28. The number of aromatic nitrogens is 4. The number of H-pyrrole nitrogens is 1. The molecule has 0 aliphatic rings. The number of nitriles is 1. The van der Waals surface area contributed by atoms with Gasteiger partial charge in [-0.05, 0) is 11.6 Å². The van der Waals surface area contributed by atoms with Crippen molar-refractivity contribution < 1.29 is 9.90 Å². The molecule has 0 fully saturated rings. The van der Waals surface area contributed by atoms with Crippen molar-refractivity contribution in [3.05, 3.63) is 47.4 Å². The Morgan fingerprint density at radius 1 is 1.43 bits per heavy atom. The summed E-state index contributed by atoms with van der Waals surface area (Å²) in [6.45, 7) is -0.0298. The molecule has 2 aromatic heterocycles. The number of hydrogen-bond donors (Lipinski definition) is 2. The number of hydrogen-bond acceptors (Lipinski definition) is 4. The summed E-state index contributed by atoms with van der Waals surface area (Å²) in [6.07, 6.45) is 2.18. The second-order valence-corrected chi connectivity index (χ2v) is 4.54. The maximum absolute atomic E-state index is 11.2. The Hall–Kier alpha value is -3.14. The lowest BCUT2D eigenvalue weighted by Gasteiger charge is -2.03. The molecule has 7 nitrogen and oxygen atoms in total. The molecular weight excluding hydrogens is 270 g/mol. The van der Waals surface area contributed by atoms with Crippen LogP contribution in [0.5, 0.6) is 0 Å². The molecule has 0 spiro atoms. The van der Waals surface area contributed by atoms with Crippen molar-refractivity contribution >= 4 is 16.9 Å². The molecule has 2 heterocycles. The quantitative estimate of drug-likeness (QED) is 0.754. The van der Waals surface area contributed by atoms with Crippen LogP contribution in [0.25, 0.3) is 10.9 Å². The van der Waals surface area contributed by atoms with Gasteiger partial charge in [0.2, 0.25) is 0 Å². The molecule has 1 aromatic carbocycles. The Balaban J connectivity index is 2.06. The highest BCUT2D eigenvalue weighted by molar-refractivity contribution is 5.87. The van der Waals surface area contributed by atoms with Gasteiger partial charge in [0, 0.05) is 23.5 Å². The van der Waals surface area contributed by atoms with Gasteiger partial charge < -0.3 is 10.1 Å². The van der Waals surface area contributed by atoms with Crippen molar-refractivity contribution in [2.75, 3.05) is 0 Å². The zero-order valence-electron chi connectivity index (χ0n) is 10.9. The monoisotopic (exact) mass is 281 g/mol. The second kappa shape index (κ2) is 5.09. The number of rotatable bonds is 4. The van der Waals surface area contributed by atoms with E-state index in [4.69, 9.17) is 5.26 Å². The third-order valence-corrected chi connectivity index (χ3v) is 3.29. The van der Waals surface area contributed by atoms with Gasteiger partial charge in [0.15, 0.2) is 5.69 Å². The number of para-hydroxylation sites is 1. The molecular formula is C14H11N5O2. The van der Waals surface area contributed by atoms with E-state index >= 15 is 0 Å². The van der Waals surface area contributed by atoms with E-state index in [9.17, 15) is 9.90 Å². The van der Waals surface area contributed by atoms with Crippen LogP contribution in [0.2, 0.25) is 0 Å². The predicted octanol–water partition coefficient (Wildman–Crippen LogP) is 1.57. The zero-order chi connectivity index (χ0) is 14.8. The van der Waals surface area contributed by atoms with Gasteiger partial charge in [-0.25, -0.2) is 9.48 Å². The Morgan fingerprint density at radius 3 is 3.00 bits per heavy atom. The lowest BCUT2D eigenvalue weighted by atomic mass is 10.1. The van der Waals surface area contributed by atoms with Crippen LogP contribution >= 0.6 is 0 Å². The maximum atomic E-state index is 11.2. The van der Waals surface area contributed by atoms with E-state index in [-0.39, 0.29) is 12.2 Å². The Morgan fingerprint density at radius 2 is 2.24 bits per heavy atom. The first-order valence-corrected chi connectivity index (χ1v) is 6.28. The molecule has 0 atom stereocenters. The van der Waals surface area contributed by atoms with Crippen LogP contribution in [0, 0.1) is 11.3 Å². The Labute approximate surface area is 119 Å². The standard InChI is InChI=1S/C14H11N5O2/c15-5-6-19-12(13(14(20)21)17-18-19)7-9-8-16-11-4-2-1-3-10(9)11/h1-4,8,16H,6-7H2,(H,20,21). The smallest absolute Gasteiger partial charge is 0.358 e. The van der Waals surface area contributed by atoms with Gasteiger partial charge in [0.1, 0.15) is 6.54 Å². The maximum Gasteiger partial charge on any atom is 0.358 e. The highest BCUT2D eigenvalue weighted by Crippen LogP contribution is 2.21. The molecule has 7 heteroatoms. The molecule has 0 bridgehead atoms. The third kappa shape index (κ3) is 2.23. The molecule has 0 saturated heterocycles. The number of nitrogens with one attached hydrogen (secondary N) is 1. The van der Waals surface area contributed by atoms with Crippen LogP contribution in [-0.4, -0.2) is 31.1 Å². The Kier molecular flexibility index (Phi) is 3.12. The molecule has 0 aliphatic heterocycles. The van der Waals surface area contributed by atoms with Crippen LogP contribution < -0.4 is 0 Å². The van der Waals surface area contributed by atoms with Gasteiger partial charge >= 0.3 is 5.97 Å². The number of benzene rings is 1. The largest absolute Gasteiger partial charge is 0.476 e. The van der Waals surface area contributed by atoms with Gasteiger partial charge in [-0.15, -0.1) is 5.10 Å².